The number of hydrogen-bond donors (Lipinski definition) is 0. The van der Waals surface area contributed by atoms with Crippen LogP contribution < -0.4 is 9.47 Å². The summed E-state index contributed by atoms with van der Waals surface area (Å²) in [4.78, 5) is 41.5. The number of carbonyl (C=O) groups excluding carboxylic acids is 3. The molecule has 2 aromatic carbocycles. The Morgan fingerprint density at radius 1 is 1.20 bits per heavy atom. The van der Waals surface area contributed by atoms with Crippen LogP contribution in [0.5, 0.6) is 11.5 Å². The molecule has 0 aliphatic carbocycles. The Morgan fingerprint density at radius 2 is 1.94 bits per heavy atom. The fraction of sp³-hybridized carbons (Fsp3) is 0.346. The summed E-state index contributed by atoms with van der Waals surface area (Å²) < 4.78 is 12.3. The van der Waals surface area contributed by atoms with E-state index in [-0.39, 0.29) is 23.5 Å². The first kappa shape index (κ1) is 25.3. The number of nitrogens with zero attached hydrogens (tertiary/aromatic N) is 2. The van der Waals surface area contributed by atoms with Crippen molar-refractivity contribution in [3.63, 3.8) is 0 Å². The Labute approximate surface area is 217 Å². The van der Waals surface area contributed by atoms with Crippen molar-refractivity contribution in [3.05, 3.63) is 62.5 Å². The van der Waals surface area contributed by atoms with Crippen molar-refractivity contribution in [3.8, 4) is 11.5 Å². The largest absolute Gasteiger partial charge is 0.490 e. The van der Waals surface area contributed by atoms with Gasteiger partial charge in [0.2, 0.25) is 5.91 Å². The maximum atomic E-state index is 13.0. The molecule has 2 aliphatic rings. The first-order valence-corrected chi connectivity index (χ1v) is 13.1. The monoisotopic (exact) mass is 558 g/mol. The molecule has 2 aromatic rings. The second-order valence-corrected chi connectivity index (χ2v) is 10.4. The van der Waals surface area contributed by atoms with E-state index in [1.165, 1.54) is 5.56 Å². The van der Waals surface area contributed by atoms with Crippen LogP contribution in [0.4, 0.5) is 4.79 Å². The van der Waals surface area contributed by atoms with Gasteiger partial charge in [0.25, 0.3) is 11.1 Å². The molecule has 0 radical (unpaired) electrons. The Hall–Kier alpha value is -2.78. The number of carbonyl (C=O) groups is 3. The van der Waals surface area contributed by atoms with E-state index in [4.69, 9.17) is 9.47 Å². The number of imide groups is 1. The third kappa shape index (κ3) is 5.73. The molecule has 0 spiro atoms. The second-order valence-electron chi connectivity index (χ2n) is 8.53. The van der Waals surface area contributed by atoms with Gasteiger partial charge in [-0.25, -0.2) is 0 Å². The van der Waals surface area contributed by atoms with Gasteiger partial charge in [-0.3, -0.25) is 19.3 Å². The summed E-state index contributed by atoms with van der Waals surface area (Å²) >= 11 is 4.35. The fourth-order valence-electron chi connectivity index (χ4n) is 4.02. The Balaban J connectivity index is 1.49. The van der Waals surface area contributed by atoms with E-state index in [1.54, 1.807) is 17.0 Å². The molecule has 0 aromatic heterocycles. The normalized spacial score (nSPS) is 16.8. The highest BCUT2D eigenvalue weighted by Gasteiger charge is 2.37. The van der Waals surface area contributed by atoms with Gasteiger partial charge in [-0.05, 0) is 89.8 Å². The highest BCUT2D eigenvalue weighted by Crippen LogP contribution is 2.40. The van der Waals surface area contributed by atoms with Crippen LogP contribution in [0, 0.1) is 0 Å². The van der Waals surface area contributed by atoms with Crippen molar-refractivity contribution in [1.82, 2.24) is 9.80 Å². The number of thioether (sulfide) groups is 1. The highest BCUT2D eigenvalue weighted by atomic mass is 79.9. The Bertz CT molecular complexity index is 1200. The number of ether oxygens (including phenoxy) is 2. The SMILES string of the molecule is CCOc1cc(/C=C2\SC(=O)N(CC(=O)N3CCc4ccccc4C3)C2=O)cc(Br)c1OC(C)C. The average Bonchev–Trinajstić information content (AvgIpc) is 3.08. The quantitative estimate of drug-likeness (QED) is 0.431. The predicted octanol–water partition coefficient (Wildman–Crippen LogP) is 5.26. The second kappa shape index (κ2) is 10.9. The zero-order valence-electron chi connectivity index (χ0n) is 19.9. The lowest BCUT2D eigenvalue weighted by molar-refractivity contribution is -0.136. The minimum atomic E-state index is -0.470. The molecule has 1 fully saturated rings. The topological polar surface area (TPSA) is 76.2 Å². The standard InChI is InChI=1S/C26H27BrN2O5S/c1-4-33-21-12-17(11-20(27)24(21)34-16(2)3)13-22-25(31)29(26(32)35-22)15-23(30)28-10-9-18-7-5-6-8-19(18)14-28/h5-8,11-13,16H,4,9-10,14-15H2,1-3H3/b22-13-. The smallest absolute Gasteiger partial charge is 0.294 e. The van der Waals surface area contributed by atoms with Crippen LogP contribution >= 0.6 is 27.7 Å². The molecule has 184 valence electrons. The molecule has 2 heterocycles. The highest BCUT2D eigenvalue weighted by molar-refractivity contribution is 9.10. The number of benzene rings is 2. The lowest BCUT2D eigenvalue weighted by Crippen LogP contribution is -2.44. The van der Waals surface area contributed by atoms with Crippen LogP contribution in [0.25, 0.3) is 6.08 Å². The zero-order chi connectivity index (χ0) is 25.1. The summed E-state index contributed by atoms with van der Waals surface area (Å²) in [7, 11) is 0. The molecular formula is C26H27BrN2O5S. The van der Waals surface area contributed by atoms with Gasteiger partial charge in [-0.15, -0.1) is 0 Å². The van der Waals surface area contributed by atoms with Crippen molar-refractivity contribution in [1.29, 1.82) is 0 Å². The van der Waals surface area contributed by atoms with Gasteiger partial charge in [0.15, 0.2) is 11.5 Å². The summed E-state index contributed by atoms with van der Waals surface area (Å²) in [5.41, 5.74) is 3.01. The average molecular weight is 559 g/mol. The number of rotatable bonds is 7. The molecule has 3 amide bonds. The molecule has 2 aliphatic heterocycles. The molecule has 4 rings (SSSR count). The van der Waals surface area contributed by atoms with Crippen molar-refractivity contribution in [2.75, 3.05) is 19.7 Å². The number of fused-ring (bicyclic) bond motifs is 1. The minimum absolute atomic E-state index is 0.0428. The molecule has 7 nitrogen and oxygen atoms in total. The Kier molecular flexibility index (Phi) is 7.86. The lowest BCUT2D eigenvalue weighted by Gasteiger charge is -2.29. The summed E-state index contributed by atoms with van der Waals surface area (Å²) in [6, 6.07) is 11.6. The van der Waals surface area contributed by atoms with Gasteiger partial charge in [-0.1, -0.05) is 24.3 Å². The molecule has 0 bridgehead atoms. The van der Waals surface area contributed by atoms with Crippen molar-refractivity contribution < 1.29 is 23.9 Å². The van der Waals surface area contributed by atoms with Gasteiger partial charge in [-0.2, -0.15) is 0 Å². The van der Waals surface area contributed by atoms with E-state index < -0.39 is 11.1 Å². The third-order valence-electron chi connectivity index (χ3n) is 5.63. The van der Waals surface area contributed by atoms with Crippen LogP contribution in [0.3, 0.4) is 0 Å². The molecule has 1 saturated heterocycles. The fourth-order valence-corrected chi connectivity index (χ4v) is 5.41. The van der Waals surface area contributed by atoms with E-state index in [0.717, 1.165) is 28.6 Å². The first-order chi connectivity index (χ1) is 16.8. The first-order valence-electron chi connectivity index (χ1n) is 11.5. The van der Waals surface area contributed by atoms with Crippen LogP contribution in [0.2, 0.25) is 0 Å². The molecule has 0 saturated carbocycles. The van der Waals surface area contributed by atoms with Crippen LogP contribution in [0.15, 0.2) is 45.8 Å². The van der Waals surface area contributed by atoms with E-state index in [1.807, 2.05) is 45.0 Å². The number of halogens is 1. The molecular weight excluding hydrogens is 532 g/mol. The molecule has 9 heteroatoms. The van der Waals surface area contributed by atoms with Gasteiger partial charge in [0, 0.05) is 13.1 Å². The van der Waals surface area contributed by atoms with E-state index in [9.17, 15) is 14.4 Å². The van der Waals surface area contributed by atoms with Crippen LogP contribution in [0.1, 0.15) is 37.5 Å². The van der Waals surface area contributed by atoms with Gasteiger partial charge < -0.3 is 14.4 Å². The van der Waals surface area contributed by atoms with Crippen molar-refractivity contribution in [2.24, 2.45) is 0 Å². The summed E-state index contributed by atoms with van der Waals surface area (Å²) in [6.07, 6.45) is 2.36. The lowest BCUT2D eigenvalue weighted by atomic mass is 10.00. The van der Waals surface area contributed by atoms with E-state index in [2.05, 4.69) is 22.0 Å². The minimum Gasteiger partial charge on any atom is -0.490 e. The molecule has 35 heavy (non-hydrogen) atoms. The van der Waals surface area contributed by atoms with Gasteiger partial charge in [0.1, 0.15) is 6.54 Å². The van der Waals surface area contributed by atoms with Crippen molar-refractivity contribution in [2.45, 2.75) is 39.8 Å². The van der Waals surface area contributed by atoms with E-state index in [0.29, 0.717) is 41.2 Å². The maximum Gasteiger partial charge on any atom is 0.294 e. The van der Waals surface area contributed by atoms with Crippen LogP contribution in [-0.4, -0.2) is 52.7 Å². The summed E-state index contributed by atoms with van der Waals surface area (Å²) in [5, 5.41) is -0.448. The molecule has 0 unspecified atom stereocenters. The van der Waals surface area contributed by atoms with Crippen LogP contribution in [-0.2, 0) is 22.6 Å². The zero-order valence-corrected chi connectivity index (χ0v) is 22.3. The van der Waals surface area contributed by atoms with Gasteiger partial charge in [0.05, 0.1) is 22.1 Å². The molecule has 0 N–H and O–H groups in total. The summed E-state index contributed by atoms with van der Waals surface area (Å²) in [5.74, 6) is 0.421. The predicted molar refractivity (Wildman–Crippen MR) is 139 cm³/mol. The maximum absolute atomic E-state index is 13.0. The summed E-state index contributed by atoms with van der Waals surface area (Å²) in [6.45, 7) is 6.97. The third-order valence-corrected chi connectivity index (χ3v) is 7.13. The number of hydrogen-bond acceptors (Lipinski definition) is 6. The Morgan fingerprint density at radius 3 is 2.66 bits per heavy atom. The number of amides is 3. The van der Waals surface area contributed by atoms with Gasteiger partial charge >= 0.3 is 0 Å². The molecule has 0 atom stereocenters. The van der Waals surface area contributed by atoms with Crippen molar-refractivity contribution >= 4 is 50.8 Å². The van der Waals surface area contributed by atoms with E-state index >= 15 is 0 Å².